The zero-order valence-corrected chi connectivity index (χ0v) is 29.0. The number of amides is 2. The van der Waals surface area contributed by atoms with Crippen molar-refractivity contribution < 1.29 is 27.5 Å². The molecule has 0 aliphatic rings. The van der Waals surface area contributed by atoms with Crippen LogP contribution in [0.2, 0.25) is 0 Å². The average Bonchev–Trinajstić information content (AvgIpc) is 2.66. The molecule has 0 aliphatic carbocycles. The Hall–Kier alpha value is -1.19. The second-order valence-electron chi connectivity index (χ2n) is 16.0. The van der Waals surface area contributed by atoms with Crippen LogP contribution in [0.3, 0.4) is 0 Å². The number of rotatable bonds is 18. The minimum absolute atomic E-state index is 0.123. The van der Waals surface area contributed by atoms with E-state index in [4.69, 9.17) is 9.47 Å². The lowest BCUT2D eigenvalue weighted by Crippen LogP contribution is -2.46. The molecule has 0 aromatic rings. The first kappa shape index (κ1) is 38.8. The Morgan fingerprint density at radius 1 is 0.675 bits per heavy atom. The molecule has 238 valence electrons. The van der Waals surface area contributed by atoms with Crippen LogP contribution in [0.15, 0.2) is 0 Å². The van der Waals surface area contributed by atoms with Gasteiger partial charge in [0.05, 0.1) is 30.2 Å². The van der Waals surface area contributed by atoms with E-state index in [0.29, 0.717) is 32.6 Å². The molecule has 0 aromatic carbocycles. The number of hydrogen-bond donors (Lipinski definition) is 2. The van der Waals surface area contributed by atoms with Crippen molar-refractivity contribution in [2.45, 2.75) is 140 Å². The van der Waals surface area contributed by atoms with E-state index in [-0.39, 0.29) is 28.3 Å². The van der Waals surface area contributed by atoms with Crippen LogP contribution in [0.25, 0.3) is 0 Å². The molecule has 8 nitrogen and oxygen atoms in total. The molecule has 0 saturated heterocycles. The third kappa shape index (κ3) is 16.3. The van der Waals surface area contributed by atoms with Crippen LogP contribution in [0, 0.1) is 21.7 Å². The lowest BCUT2D eigenvalue weighted by Gasteiger charge is -2.35. The fourth-order valence-electron chi connectivity index (χ4n) is 5.61. The van der Waals surface area contributed by atoms with Crippen molar-refractivity contribution in [1.29, 1.82) is 0 Å². The number of carbonyl (C=O) groups excluding carboxylic acids is 2. The summed E-state index contributed by atoms with van der Waals surface area (Å²) >= 11 is 0. The number of hydrogen-bond acceptors (Lipinski definition) is 6. The van der Waals surface area contributed by atoms with Gasteiger partial charge in [-0.3, -0.25) is 14.3 Å². The highest BCUT2D eigenvalue weighted by Crippen LogP contribution is 2.36. The fraction of sp³-hybridized carbons (Fsp3) is 0.935. The molecule has 0 bridgehead atoms. The minimum Gasteiger partial charge on any atom is -0.375 e. The van der Waals surface area contributed by atoms with E-state index in [9.17, 15) is 18.0 Å². The standard InChI is InChI=1S/C31H62N2O6S/c1-15-16-30(11,12)38-19-17-31(13,14)39-20-18-32-24(34)29(9,10)22-27(5,6)23-40(36,37)33-25(35)28(7,8)21-26(2,3)4/h15-23H2,1-14H3,(H,32,34)(H,33,35). The third-order valence-corrected chi connectivity index (χ3v) is 8.54. The van der Waals surface area contributed by atoms with Crippen LogP contribution >= 0.6 is 0 Å². The molecule has 0 aromatic heterocycles. The zero-order chi connectivity index (χ0) is 31.8. The molecule has 0 rings (SSSR count). The Labute approximate surface area is 246 Å². The van der Waals surface area contributed by atoms with E-state index in [2.05, 4.69) is 30.8 Å². The van der Waals surface area contributed by atoms with Crippen molar-refractivity contribution in [3.8, 4) is 0 Å². The quantitative estimate of drug-likeness (QED) is 0.183. The van der Waals surface area contributed by atoms with Crippen LogP contribution in [0.1, 0.15) is 129 Å². The maximum atomic E-state index is 13.0. The number of carbonyl (C=O) groups is 2. The smallest absolute Gasteiger partial charge is 0.239 e. The summed E-state index contributed by atoms with van der Waals surface area (Å²) in [5, 5.41) is 2.94. The van der Waals surface area contributed by atoms with E-state index >= 15 is 0 Å². The van der Waals surface area contributed by atoms with Crippen LogP contribution in [0.4, 0.5) is 0 Å². The van der Waals surface area contributed by atoms with Gasteiger partial charge in [-0.2, -0.15) is 0 Å². The van der Waals surface area contributed by atoms with E-state index in [1.165, 1.54) is 0 Å². The summed E-state index contributed by atoms with van der Waals surface area (Å²) < 4.78 is 40.2. The summed E-state index contributed by atoms with van der Waals surface area (Å²) in [6.45, 7) is 28.5. The SMILES string of the molecule is CCCC(C)(C)OCCC(C)(C)OCCNC(=O)C(C)(C)CC(C)(C)CS(=O)(=O)NC(=O)C(C)(C)CC(C)(C)C. The molecule has 0 heterocycles. The van der Waals surface area contributed by atoms with E-state index < -0.39 is 32.2 Å². The molecule has 40 heavy (non-hydrogen) atoms. The molecular formula is C31H62N2O6S. The Kier molecular flexibility index (Phi) is 13.9. The third-order valence-electron chi connectivity index (χ3n) is 6.88. The number of sulfonamides is 1. The van der Waals surface area contributed by atoms with Crippen LogP contribution < -0.4 is 10.0 Å². The van der Waals surface area contributed by atoms with Crippen molar-refractivity contribution in [3.63, 3.8) is 0 Å². The Morgan fingerprint density at radius 3 is 1.65 bits per heavy atom. The Morgan fingerprint density at radius 2 is 1.15 bits per heavy atom. The van der Waals surface area contributed by atoms with Gasteiger partial charge in [-0.1, -0.05) is 75.7 Å². The first-order chi connectivity index (χ1) is 17.6. The van der Waals surface area contributed by atoms with Gasteiger partial charge in [0.1, 0.15) is 0 Å². The Balaban J connectivity index is 4.87. The molecule has 0 atom stereocenters. The van der Waals surface area contributed by atoms with E-state index in [0.717, 1.165) is 19.3 Å². The van der Waals surface area contributed by atoms with Gasteiger partial charge in [-0.25, -0.2) is 8.42 Å². The van der Waals surface area contributed by atoms with Gasteiger partial charge < -0.3 is 14.8 Å². The molecule has 0 fully saturated rings. The van der Waals surface area contributed by atoms with Crippen molar-refractivity contribution in [3.05, 3.63) is 0 Å². The first-order valence-corrected chi connectivity index (χ1v) is 16.4. The van der Waals surface area contributed by atoms with Crippen molar-refractivity contribution in [2.24, 2.45) is 21.7 Å². The predicted octanol–water partition coefficient (Wildman–Crippen LogP) is 6.23. The summed E-state index contributed by atoms with van der Waals surface area (Å²) in [6.07, 6.45) is 3.69. The Bertz CT molecular complexity index is 928. The topological polar surface area (TPSA) is 111 Å². The summed E-state index contributed by atoms with van der Waals surface area (Å²) in [7, 11) is -3.89. The van der Waals surface area contributed by atoms with Crippen molar-refractivity contribution in [2.75, 3.05) is 25.5 Å². The monoisotopic (exact) mass is 590 g/mol. The minimum atomic E-state index is -3.89. The van der Waals surface area contributed by atoms with Gasteiger partial charge in [-0.15, -0.1) is 0 Å². The second kappa shape index (κ2) is 14.3. The van der Waals surface area contributed by atoms with Crippen LogP contribution in [-0.2, 0) is 29.1 Å². The highest BCUT2D eigenvalue weighted by Gasteiger charge is 2.40. The molecule has 0 aliphatic heterocycles. The highest BCUT2D eigenvalue weighted by molar-refractivity contribution is 7.90. The van der Waals surface area contributed by atoms with E-state index in [1.54, 1.807) is 13.8 Å². The summed E-state index contributed by atoms with van der Waals surface area (Å²) in [5.41, 5.74) is -3.05. The maximum Gasteiger partial charge on any atom is 0.239 e. The predicted molar refractivity (Wildman–Crippen MR) is 165 cm³/mol. The largest absolute Gasteiger partial charge is 0.375 e. The molecular weight excluding hydrogens is 528 g/mol. The van der Waals surface area contributed by atoms with Gasteiger partial charge >= 0.3 is 0 Å². The molecule has 0 saturated carbocycles. The fourth-order valence-corrected chi connectivity index (χ4v) is 7.38. The van der Waals surface area contributed by atoms with Gasteiger partial charge in [0.2, 0.25) is 21.8 Å². The lowest BCUT2D eigenvalue weighted by molar-refractivity contribution is -0.131. The normalized spacial score (nSPS) is 14.2. The van der Waals surface area contributed by atoms with Gasteiger partial charge in [-0.05, 0) is 64.2 Å². The second-order valence-corrected chi connectivity index (χ2v) is 17.7. The van der Waals surface area contributed by atoms with Gasteiger partial charge in [0, 0.05) is 17.4 Å². The maximum absolute atomic E-state index is 13.0. The molecule has 0 spiro atoms. The summed E-state index contributed by atoms with van der Waals surface area (Å²) in [4.78, 5) is 25.8. The van der Waals surface area contributed by atoms with Crippen LogP contribution in [0.5, 0.6) is 0 Å². The number of nitrogens with one attached hydrogen (secondary N) is 2. The first-order valence-electron chi connectivity index (χ1n) is 14.8. The van der Waals surface area contributed by atoms with Crippen LogP contribution in [-0.4, -0.2) is 56.9 Å². The van der Waals surface area contributed by atoms with E-state index in [1.807, 2.05) is 62.3 Å². The van der Waals surface area contributed by atoms with Gasteiger partial charge in [0.25, 0.3) is 0 Å². The zero-order valence-electron chi connectivity index (χ0n) is 28.2. The average molecular weight is 591 g/mol. The highest BCUT2D eigenvalue weighted by atomic mass is 32.2. The molecule has 2 amide bonds. The van der Waals surface area contributed by atoms with Crippen molar-refractivity contribution in [1.82, 2.24) is 10.0 Å². The number of ether oxygens (including phenoxy) is 2. The van der Waals surface area contributed by atoms with Gasteiger partial charge in [0.15, 0.2) is 0 Å². The molecule has 0 unspecified atom stereocenters. The molecule has 2 N–H and O–H groups in total. The summed E-state index contributed by atoms with van der Waals surface area (Å²) in [6, 6.07) is 0. The van der Waals surface area contributed by atoms with Crippen molar-refractivity contribution >= 4 is 21.8 Å². The summed E-state index contributed by atoms with van der Waals surface area (Å²) in [5.74, 6) is -0.934. The molecule has 9 heteroatoms. The lowest BCUT2D eigenvalue weighted by atomic mass is 9.75. The molecule has 0 radical (unpaired) electrons.